The average molecular weight is 246 g/mol. The molecule has 0 fully saturated rings. The Morgan fingerprint density at radius 2 is 1.33 bits per heavy atom. The molecule has 0 atom stereocenters. The van der Waals surface area contributed by atoms with E-state index < -0.39 is 22.2 Å². The van der Waals surface area contributed by atoms with E-state index >= 15 is 0 Å². The van der Waals surface area contributed by atoms with Gasteiger partial charge in [-0.3, -0.25) is 19.2 Å². The summed E-state index contributed by atoms with van der Waals surface area (Å²) in [5.74, 6) is 0.419. The van der Waals surface area contributed by atoms with E-state index in [2.05, 4.69) is 0 Å². The third kappa shape index (κ3) is 1.24. The van der Waals surface area contributed by atoms with Crippen molar-refractivity contribution in [2.45, 2.75) is 0 Å². The first kappa shape index (κ1) is 10.5. The lowest BCUT2D eigenvalue weighted by Crippen LogP contribution is -2.02. The fraction of sp³-hybridized carbons (Fsp3) is 0.0909. The van der Waals surface area contributed by atoms with Crippen LogP contribution in [0.15, 0.2) is 37.4 Å². The third-order valence-corrected chi connectivity index (χ3v) is 2.74. The van der Waals surface area contributed by atoms with Crippen molar-refractivity contribution < 1.29 is 4.74 Å². The molecule has 18 heavy (non-hydrogen) atoms. The van der Waals surface area contributed by atoms with Crippen molar-refractivity contribution in [3.63, 3.8) is 0 Å². The van der Waals surface area contributed by atoms with Gasteiger partial charge in [-0.1, -0.05) is 0 Å². The number of methoxy groups -OCH3 is 1. The lowest BCUT2D eigenvalue weighted by molar-refractivity contribution is 0.414. The van der Waals surface area contributed by atoms with Gasteiger partial charge in [0.15, 0.2) is 0 Å². The Bertz CT molecular complexity index is 849. The highest BCUT2D eigenvalue weighted by molar-refractivity contribution is 5.58. The second kappa shape index (κ2) is 3.16. The second-order valence-electron chi connectivity index (χ2n) is 3.75. The standard InChI is InChI=1S/C11H6N2O5/c1-18-5-2-3-6(12-8(14)9(12)15)7(4-5)13-10(16)11(13)17/h2-4H,1H3. The highest BCUT2D eigenvalue weighted by atomic mass is 16.5. The predicted molar refractivity (Wildman–Crippen MR) is 61.5 cm³/mol. The quantitative estimate of drug-likeness (QED) is 0.523. The minimum atomic E-state index is -0.675. The van der Waals surface area contributed by atoms with Crippen LogP contribution in [0.4, 0.5) is 0 Å². The molecule has 2 aromatic heterocycles. The molecule has 90 valence electrons. The van der Waals surface area contributed by atoms with Crippen molar-refractivity contribution in [1.29, 1.82) is 0 Å². The van der Waals surface area contributed by atoms with Crippen molar-refractivity contribution in [3.8, 4) is 17.1 Å². The molecule has 0 amide bonds. The maximum atomic E-state index is 11.1. The summed E-state index contributed by atoms with van der Waals surface area (Å²) in [6.07, 6.45) is 0. The van der Waals surface area contributed by atoms with E-state index in [1.807, 2.05) is 0 Å². The molecule has 0 aliphatic carbocycles. The summed E-state index contributed by atoms with van der Waals surface area (Å²) >= 11 is 0. The lowest BCUT2D eigenvalue weighted by atomic mass is 10.2. The molecule has 0 N–H and O–H groups in total. The summed E-state index contributed by atoms with van der Waals surface area (Å²) in [6.45, 7) is 0. The highest BCUT2D eigenvalue weighted by Gasteiger charge is 2.27. The summed E-state index contributed by atoms with van der Waals surface area (Å²) in [5.41, 5.74) is -2.28. The molecule has 7 heteroatoms. The first-order valence-corrected chi connectivity index (χ1v) is 5.01. The van der Waals surface area contributed by atoms with Gasteiger partial charge in [0.05, 0.1) is 18.5 Å². The average Bonchev–Trinajstić information content (AvgIpc) is 3.17. The minimum Gasteiger partial charge on any atom is -0.497 e. The monoisotopic (exact) mass is 246 g/mol. The van der Waals surface area contributed by atoms with Gasteiger partial charge in [0.2, 0.25) is 0 Å². The van der Waals surface area contributed by atoms with Crippen LogP contribution in [0.25, 0.3) is 11.4 Å². The molecule has 3 aromatic rings. The van der Waals surface area contributed by atoms with E-state index in [1.54, 1.807) is 0 Å². The molecule has 0 saturated heterocycles. The molecule has 7 nitrogen and oxygen atoms in total. The van der Waals surface area contributed by atoms with Crippen molar-refractivity contribution >= 4 is 0 Å². The SMILES string of the molecule is COc1ccc(-n2c(=O)c2=O)c(-n2c(=O)c2=O)c1. The second-order valence-corrected chi connectivity index (χ2v) is 3.75. The van der Waals surface area contributed by atoms with E-state index in [4.69, 9.17) is 4.74 Å². The number of hydrogen-bond acceptors (Lipinski definition) is 5. The van der Waals surface area contributed by atoms with E-state index in [0.29, 0.717) is 5.75 Å². The van der Waals surface area contributed by atoms with Crippen LogP contribution in [0.2, 0.25) is 0 Å². The molecule has 0 radical (unpaired) electrons. The van der Waals surface area contributed by atoms with Gasteiger partial charge in [0, 0.05) is 6.07 Å². The Morgan fingerprint density at radius 1 is 0.833 bits per heavy atom. The summed E-state index contributed by atoms with van der Waals surface area (Å²) in [4.78, 5) is 44.4. The van der Waals surface area contributed by atoms with E-state index in [-0.39, 0.29) is 11.4 Å². The van der Waals surface area contributed by atoms with Crippen LogP contribution in [0.1, 0.15) is 0 Å². The van der Waals surface area contributed by atoms with Crippen LogP contribution in [-0.4, -0.2) is 16.2 Å². The lowest BCUT2D eigenvalue weighted by Gasteiger charge is -2.05. The Morgan fingerprint density at radius 3 is 1.78 bits per heavy atom. The van der Waals surface area contributed by atoms with Crippen LogP contribution in [0.5, 0.6) is 5.75 Å². The third-order valence-electron chi connectivity index (χ3n) is 2.74. The smallest absolute Gasteiger partial charge is 0.324 e. The van der Waals surface area contributed by atoms with Crippen LogP contribution in [0, 0.1) is 0 Å². The van der Waals surface area contributed by atoms with Crippen molar-refractivity contribution in [2.75, 3.05) is 7.11 Å². The topological polar surface area (TPSA) is 87.4 Å². The Kier molecular flexibility index (Phi) is 1.83. The van der Waals surface area contributed by atoms with E-state index in [1.165, 1.54) is 25.3 Å². The minimum absolute atomic E-state index is 0.184. The highest BCUT2D eigenvalue weighted by Crippen LogP contribution is 2.22. The van der Waals surface area contributed by atoms with Crippen LogP contribution >= 0.6 is 0 Å². The van der Waals surface area contributed by atoms with Gasteiger partial charge in [-0.05, 0) is 12.1 Å². The van der Waals surface area contributed by atoms with Gasteiger partial charge in [0.25, 0.3) is 0 Å². The Hall–Kier alpha value is -2.70. The summed E-state index contributed by atoms with van der Waals surface area (Å²) in [5, 5.41) is 0. The number of aromatic nitrogens is 2. The Balaban J connectivity index is 2.27. The van der Waals surface area contributed by atoms with Gasteiger partial charge in [0.1, 0.15) is 5.75 Å². The normalized spacial score (nSPS) is 11.4. The largest absolute Gasteiger partial charge is 0.497 e. The number of benzene rings is 1. The molecule has 0 bridgehead atoms. The van der Waals surface area contributed by atoms with Crippen LogP contribution in [-0.2, 0) is 0 Å². The molecule has 0 spiro atoms. The fourth-order valence-corrected chi connectivity index (χ4v) is 1.71. The summed E-state index contributed by atoms with van der Waals surface area (Å²) < 4.78 is 6.76. The van der Waals surface area contributed by atoms with Crippen molar-refractivity contribution in [3.05, 3.63) is 59.6 Å². The number of nitrogens with zero attached hydrogens (tertiary/aromatic N) is 2. The molecule has 0 aliphatic rings. The van der Waals surface area contributed by atoms with E-state index in [9.17, 15) is 19.2 Å². The molecule has 0 aliphatic heterocycles. The molecule has 2 heterocycles. The first-order valence-electron chi connectivity index (χ1n) is 5.01. The van der Waals surface area contributed by atoms with Gasteiger partial charge in [-0.25, -0.2) is 9.13 Å². The molecular formula is C11H6N2O5. The first-order chi connectivity index (χ1) is 8.56. The summed E-state index contributed by atoms with van der Waals surface area (Å²) in [7, 11) is 1.43. The number of rotatable bonds is 3. The molecule has 0 saturated carbocycles. The number of ether oxygens (including phenoxy) is 1. The van der Waals surface area contributed by atoms with Crippen LogP contribution in [0.3, 0.4) is 0 Å². The fourth-order valence-electron chi connectivity index (χ4n) is 1.71. The zero-order valence-electron chi connectivity index (χ0n) is 9.17. The van der Waals surface area contributed by atoms with Crippen molar-refractivity contribution in [2.24, 2.45) is 0 Å². The van der Waals surface area contributed by atoms with Crippen molar-refractivity contribution in [1.82, 2.24) is 9.13 Å². The molecule has 1 aromatic carbocycles. The van der Waals surface area contributed by atoms with Gasteiger partial charge in [-0.15, -0.1) is 0 Å². The summed E-state index contributed by atoms with van der Waals surface area (Å²) in [6, 6.07) is 4.42. The zero-order chi connectivity index (χ0) is 13.0. The van der Waals surface area contributed by atoms with Gasteiger partial charge in [-0.2, -0.15) is 0 Å². The van der Waals surface area contributed by atoms with Crippen LogP contribution < -0.4 is 27.0 Å². The molecule has 3 rings (SSSR count). The number of hydrogen-bond donors (Lipinski definition) is 0. The Labute approximate surface area is 98.5 Å². The van der Waals surface area contributed by atoms with Gasteiger partial charge < -0.3 is 4.74 Å². The van der Waals surface area contributed by atoms with Gasteiger partial charge >= 0.3 is 22.2 Å². The zero-order valence-corrected chi connectivity index (χ0v) is 9.17. The van der Waals surface area contributed by atoms with E-state index in [0.717, 1.165) is 9.13 Å². The maximum absolute atomic E-state index is 11.1. The predicted octanol–water partition coefficient (Wildman–Crippen LogP) is -1.53. The molecule has 0 unspecified atom stereocenters. The maximum Gasteiger partial charge on any atom is 0.324 e. The molecular weight excluding hydrogens is 240 g/mol.